The highest BCUT2D eigenvalue weighted by atomic mass is 32.1. The van der Waals surface area contributed by atoms with Gasteiger partial charge in [0, 0.05) is 53.1 Å². The number of nitrogens with zero attached hydrogens (tertiary/aromatic N) is 1. The van der Waals surface area contributed by atoms with E-state index in [0.29, 0.717) is 0 Å². The van der Waals surface area contributed by atoms with E-state index in [4.69, 9.17) is 4.42 Å². The van der Waals surface area contributed by atoms with Crippen LogP contribution in [0, 0.1) is 0 Å². The summed E-state index contributed by atoms with van der Waals surface area (Å²) in [5.74, 6) is 0. The molecule has 0 amide bonds. The molecule has 0 aliphatic rings. The van der Waals surface area contributed by atoms with Crippen LogP contribution in [0.25, 0.3) is 64.0 Å². The lowest BCUT2D eigenvalue weighted by Gasteiger charge is -2.27. The Bertz CT molecular complexity index is 2450. The first-order chi connectivity index (χ1) is 21.3. The Morgan fingerprint density at radius 2 is 1.07 bits per heavy atom. The molecule has 0 atom stereocenters. The second kappa shape index (κ2) is 9.59. The molecule has 0 saturated heterocycles. The fraction of sp³-hybridized carbons (Fsp3) is 0. The van der Waals surface area contributed by atoms with E-state index in [1.165, 1.54) is 31.3 Å². The Labute approximate surface area is 252 Å². The lowest BCUT2D eigenvalue weighted by molar-refractivity contribution is 0.672. The van der Waals surface area contributed by atoms with Crippen LogP contribution in [0.3, 0.4) is 0 Å². The maximum absolute atomic E-state index is 6.45. The molecule has 0 saturated carbocycles. The standard InChI is InChI=1S/C40H25NOS/c1-2-9-26(10-3-1)27-17-19-28(20-18-27)41(29-21-24-39-35(25-29)32-12-5-7-16-38(32)43-39)36-14-8-13-33-30(36)22-23-34-31-11-4-6-15-37(31)42-40(33)34/h1-25H. The maximum Gasteiger partial charge on any atom is 0.143 e. The third-order valence-corrected chi connectivity index (χ3v) is 9.62. The molecule has 43 heavy (non-hydrogen) atoms. The second-order valence-corrected chi connectivity index (χ2v) is 12.0. The van der Waals surface area contributed by atoms with Crippen LogP contribution in [-0.2, 0) is 0 Å². The topological polar surface area (TPSA) is 16.4 Å². The van der Waals surface area contributed by atoms with Gasteiger partial charge in [-0.2, -0.15) is 0 Å². The molecule has 2 heterocycles. The number of hydrogen-bond acceptors (Lipinski definition) is 3. The molecule has 202 valence electrons. The first-order valence-electron chi connectivity index (χ1n) is 14.5. The molecule has 0 spiro atoms. The minimum atomic E-state index is 0.915. The normalized spacial score (nSPS) is 11.7. The molecule has 0 radical (unpaired) electrons. The zero-order chi connectivity index (χ0) is 28.3. The van der Waals surface area contributed by atoms with E-state index in [-0.39, 0.29) is 0 Å². The van der Waals surface area contributed by atoms with E-state index >= 15 is 0 Å². The highest BCUT2D eigenvalue weighted by Gasteiger charge is 2.19. The zero-order valence-electron chi connectivity index (χ0n) is 23.2. The number of anilines is 3. The Kier molecular flexibility index (Phi) is 5.40. The van der Waals surface area contributed by atoms with Crippen LogP contribution >= 0.6 is 11.3 Å². The van der Waals surface area contributed by atoms with Crippen molar-refractivity contribution < 1.29 is 4.42 Å². The summed E-state index contributed by atoms with van der Waals surface area (Å²) < 4.78 is 9.06. The van der Waals surface area contributed by atoms with Crippen LogP contribution < -0.4 is 4.90 Å². The summed E-state index contributed by atoms with van der Waals surface area (Å²) in [5.41, 5.74) is 7.61. The Morgan fingerprint density at radius 3 is 1.95 bits per heavy atom. The Balaban J connectivity index is 1.29. The van der Waals surface area contributed by atoms with Crippen molar-refractivity contribution in [2.24, 2.45) is 0 Å². The van der Waals surface area contributed by atoms with Gasteiger partial charge in [-0.3, -0.25) is 0 Å². The molecule has 0 aliphatic heterocycles. The van der Waals surface area contributed by atoms with Gasteiger partial charge >= 0.3 is 0 Å². The largest absolute Gasteiger partial charge is 0.455 e. The Hall–Kier alpha value is -5.38. The van der Waals surface area contributed by atoms with Crippen LogP contribution in [0.2, 0.25) is 0 Å². The van der Waals surface area contributed by atoms with Gasteiger partial charge in [0.1, 0.15) is 11.2 Å². The van der Waals surface area contributed by atoms with E-state index in [1.807, 2.05) is 23.5 Å². The fourth-order valence-electron chi connectivity index (χ4n) is 6.43. The van der Waals surface area contributed by atoms with Crippen molar-refractivity contribution in [3.63, 3.8) is 0 Å². The van der Waals surface area contributed by atoms with E-state index in [1.54, 1.807) is 0 Å². The van der Waals surface area contributed by atoms with Crippen molar-refractivity contribution in [1.29, 1.82) is 0 Å². The molecule has 2 nitrogen and oxygen atoms in total. The van der Waals surface area contributed by atoms with Gasteiger partial charge < -0.3 is 9.32 Å². The third kappa shape index (κ3) is 3.86. The smallest absolute Gasteiger partial charge is 0.143 e. The number of fused-ring (bicyclic) bond motifs is 8. The molecular formula is C40H25NOS. The van der Waals surface area contributed by atoms with E-state index < -0.39 is 0 Å². The van der Waals surface area contributed by atoms with Gasteiger partial charge in [-0.25, -0.2) is 0 Å². The number of rotatable bonds is 4. The quantitative estimate of drug-likeness (QED) is 0.210. The number of thiophene rings is 1. The highest BCUT2D eigenvalue weighted by molar-refractivity contribution is 7.25. The summed E-state index contributed by atoms with van der Waals surface area (Å²) in [4.78, 5) is 2.39. The summed E-state index contributed by atoms with van der Waals surface area (Å²) in [6.45, 7) is 0. The predicted molar refractivity (Wildman–Crippen MR) is 184 cm³/mol. The van der Waals surface area contributed by atoms with Gasteiger partial charge in [0.25, 0.3) is 0 Å². The van der Waals surface area contributed by atoms with Gasteiger partial charge in [-0.05, 0) is 65.7 Å². The Morgan fingerprint density at radius 1 is 0.419 bits per heavy atom. The molecule has 0 bridgehead atoms. The summed E-state index contributed by atoms with van der Waals surface area (Å²) in [6, 6.07) is 54.3. The molecule has 7 aromatic carbocycles. The van der Waals surface area contributed by atoms with Gasteiger partial charge in [-0.15, -0.1) is 11.3 Å². The summed E-state index contributed by atoms with van der Waals surface area (Å²) in [7, 11) is 0. The summed E-state index contributed by atoms with van der Waals surface area (Å²) in [6.07, 6.45) is 0. The summed E-state index contributed by atoms with van der Waals surface area (Å²) in [5, 5.41) is 7.13. The van der Waals surface area contributed by atoms with Crippen LogP contribution in [0.4, 0.5) is 17.1 Å². The van der Waals surface area contributed by atoms with Crippen molar-refractivity contribution in [3.05, 3.63) is 152 Å². The van der Waals surface area contributed by atoms with Crippen LogP contribution in [0.1, 0.15) is 0 Å². The van der Waals surface area contributed by atoms with Crippen LogP contribution in [0.15, 0.2) is 156 Å². The number of para-hydroxylation sites is 1. The predicted octanol–water partition coefficient (Wildman–Crippen LogP) is 12.2. The number of hydrogen-bond donors (Lipinski definition) is 0. The maximum atomic E-state index is 6.45. The monoisotopic (exact) mass is 567 g/mol. The van der Waals surface area contributed by atoms with Crippen molar-refractivity contribution in [3.8, 4) is 11.1 Å². The van der Waals surface area contributed by atoms with Crippen molar-refractivity contribution in [2.45, 2.75) is 0 Å². The van der Waals surface area contributed by atoms with Crippen molar-refractivity contribution in [2.75, 3.05) is 4.90 Å². The fourth-order valence-corrected chi connectivity index (χ4v) is 7.52. The van der Waals surface area contributed by atoms with Crippen LogP contribution in [0.5, 0.6) is 0 Å². The minimum absolute atomic E-state index is 0.915. The van der Waals surface area contributed by atoms with Gasteiger partial charge in [-0.1, -0.05) is 97.1 Å². The van der Waals surface area contributed by atoms with Crippen molar-refractivity contribution >= 4 is 81.3 Å². The second-order valence-electron chi connectivity index (χ2n) is 10.9. The highest BCUT2D eigenvalue weighted by Crippen LogP contribution is 2.44. The van der Waals surface area contributed by atoms with E-state index in [9.17, 15) is 0 Å². The molecule has 0 unspecified atom stereocenters. The minimum Gasteiger partial charge on any atom is -0.455 e. The van der Waals surface area contributed by atoms with Crippen molar-refractivity contribution in [1.82, 2.24) is 0 Å². The van der Waals surface area contributed by atoms with Gasteiger partial charge in [0.05, 0.1) is 5.69 Å². The lowest BCUT2D eigenvalue weighted by atomic mass is 10.0. The van der Waals surface area contributed by atoms with E-state index in [2.05, 4.69) is 144 Å². The number of furan rings is 1. The van der Waals surface area contributed by atoms with Gasteiger partial charge in [0.2, 0.25) is 0 Å². The third-order valence-electron chi connectivity index (χ3n) is 8.47. The van der Waals surface area contributed by atoms with Crippen LogP contribution in [-0.4, -0.2) is 0 Å². The zero-order valence-corrected chi connectivity index (χ0v) is 24.0. The van der Waals surface area contributed by atoms with Gasteiger partial charge in [0.15, 0.2) is 0 Å². The average Bonchev–Trinajstić information content (AvgIpc) is 3.64. The van der Waals surface area contributed by atoms with E-state index in [0.717, 1.165) is 49.8 Å². The SMILES string of the molecule is c1ccc(-c2ccc(N(c3ccc4sc5ccccc5c4c3)c3cccc4c3ccc3c5ccccc5oc43)cc2)cc1. The molecule has 9 rings (SSSR count). The molecule has 0 fully saturated rings. The molecule has 0 aliphatic carbocycles. The average molecular weight is 568 g/mol. The molecule has 0 N–H and O–H groups in total. The first-order valence-corrected chi connectivity index (χ1v) is 15.3. The molecule has 3 heteroatoms. The lowest BCUT2D eigenvalue weighted by Crippen LogP contribution is -2.10. The molecule has 2 aromatic heterocycles. The molecular weight excluding hydrogens is 543 g/mol. The number of benzene rings is 7. The first kappa shape index (κ1) is 24.2. The molecule has 9 aromatic rings. The summed E-state index contributed by atoms with van der Waals surface area (Å²) >= 11 is 1.85.